The number of amides is 1. The summed E-state index contributed by atoms with van der Waals surface area (Å²) in [6.07, 6.45) is 0. The molecule has 2 rings (SSSR count). The van der Waals surface area contributed by atoms with Gasteiger partial charge in [-0.2, -0.15) is 0 Å². The van der Waals surface area contributed by atoms with Gasteiger partial charge in [-0.25, -0.2) is 0 Å². The molecule has 0 atom stereocenters. The lowest BCUT2D eigenvalue weighted by Crippen LogP contribution is -2.14. The van der Waals surface area contributed by atoms with Crippen molar-refractivity contribution < 1.29 is 4.79 Å². The second kappa shape index (κ2) is 6.24. The van der Waals surface area contributed by atoms with Gasteiger partial charge in [0.25, 0.3) is 5.91 Å². The minimum atomic E-state index is -0.156. The zero-order valence-corrected chi connectivity index (χ0v) is 14.5. The molecule has 0 heterocycles. The Labute approximate surface area is 138 Å². The zero-order chi connectivity index (χ0) is 14.0. The highest BCUT2D eigenvalue weighted by Crippen LogP contribution is 2.25. The van der Waals surface area contributed by atoms with Gasteiger partial charge in [0.15, 0.2) is 0 Å². The van der Waals surface area contributed by atoms with Crippen molar-refractivity contribution in [3.63, 3.8) is 0 Å². The van der Waals surface area contributed by atoms with Crippen LogP contribution < -0.4 is 5.32 Å². The molecule has 0 aromatic heterocycles. The molecule has 98 valence electrons. The molecule has 2 nitrogen and oxygen atoms in total. The van der Waals surface area contributed by atoms with Gasteiger partial charge in [-0.1, -0.05) is 33.6 Å². The number of anilines is 1. The van der Waals surface area contributed by atoms with Gasteiger partial charge in [-0.15, -0.1) is 0 Å². The predicted molar refractivity (Wildman–Crippen MR) is 91.0 cm³/mol. The SMILES string of the molecule is Cc1c(Cl)cccc1C(=O)Nc1cc(Br)ccc1I. The Morgan fingerprint density at radius 2 is 2.05 bits per heavy atom. The highest BCUT2D eigenvalue weighted by molar-refractivity contribution is 14.1. The Morgan fingerprint density at radius 3 is 2.79 bits per heavy atom. The number of halogens is 3. The number of hydrogen-bond donors (Lipinski definition) is 1. The van der Waals surface area contributed by atoms with E-state index in [1.165, 1.54) is 0 Å². The molecule has 0 unspecified atom stereocenters. The molecule has 0 aliphatic rings. The Morgan fingerprint density at radius 1 is 1.32 bits per heavy atom. The van der Waals surface area contributed by atoms with Crippen molar-refractivity contribution in [3.8, 4) is 0 Å². The third-order valence-electron chi connectivity index (χ3n) is 2.69. The Balaban J connectivity index is 2.31. The standard InChI is InChI=1S/C14H10BrClINO/c1-8-10(3-2-4-11(8)16)14(19)18-13-7-9(15)5-6-12(13)17/h2-7H,1H3,(H,18,19). The Kier molecular flexibility index (Phi) is 4.86. The maximum atomic E-state index is 12.3. The fourth-order valence-corrected chi connectivity index (χ4v) is 2.64. The smallest absolute Gasteiger partial charge is 0.256 e. The zero-order valence-electron chi connectivity index (χ0n) is 10.0. The molecule has 0 bridgehead atoms. The second-order valence-electron chi connectivity index (χ2n) is 3.99. The molecule has 0 aliphatic carbocycles. The fourth-order valence-electron chi connectivity index (χ4n) is 1.64. The summed E-state index contributed by atoms with van der Waals surface area (Å²) < 4.78 is 1.90. The van der Waals surface area contributed by atoms with Crippen LogP contribution >= 0.6 is 50.1 Å². The van der Waals surface area contributed by atoms with Crippen LogP contribution in [0.15, 0.2) is 40.9 Å². The molecule has 0 radical (unpaired) electrons. The second-order valence-corrected chi connectivity index (χ2v) is 6.48. The van der Waals surface area contributed by atoms with E-state index < -0.39 is 0 Å². The average molecular weight is 451 g/mol. The predicted octanol–water partition coefficient (Wildman–Crippen LogP) is 5.27. The molecule has 0 aliphatic heterocycles. The Hall–Kier alpha value is -0.590. The summed E-state index contributed by atoms with van der Waals surface area (Å²) in [6.45, 7) is 1.84. The van der Waals surface area contributed by atoms with Crippen LogP contribution in [-0.4, -0.2) is 5.91 Å². The first kappa shape index (κ1) is 14.8. The number of carbonyl (C=O) groups is 1. The first-order chi connectivity index (χ1) is 8.99. The largest absolute Gasteiger partial charge is 0.321 e. The molecular weight excluding hydrogens is 440 g/mol. The van der Waals surface area contributed by atoms with Crippen LogP contribution in [0.4, 0.5) is 5.69 Å². The molecule has 2 aromatic rings. The van der Waals surface area contributed by atoms with E-state index in [4.69, 9.17) is 11.6 Å². The van der Waals surface area contributed by atoms with E-state index in [-0.39, 0.29) is 5.91 Å². The monoisotopic (exact) mass is 449 g/mol. The quantitative estimate of drug-likeness (QED) is 0.621. The van der Waals surface area contributed by atoms with Crippen molar-refractivity contribution in [2.45, 2.75) is 6.92 Å². The third-order valence-corrected chi connectivity index (χ3v) is 4.53. The number of rotatable bonds is 2. The van der Waals surface area contributed by atoms with Crippen LogP contribution in [0.1, 0.15) is 15.9 Å². The summed E-state index contributed by atoms with van der Waals surface area (Å²) in [5.74, 6) is -0.156. The normalized spacial score (nSPS) is 10.3. The van der Waals surface area contributed by atoms with E-state index in [2.05, 4.69) is 43.8 Å². The van der Waals surface area contributed by atoms with Crippen molar-refractivity contribution >= 4 is 61.7 Å². The van der Waals surface area contributed by atoms with Crippen molar-refractivity contribution in [2.75, 3.05) is 5.32 Å². The lowest BCUT2D eigenvalue weighted by molar-refractivity contribution is 0.102. The van der Waals surface area contributed by atoms with Gasteiger partial charge in [0.1, 0.15) is 0 Å². The molecule has 1 amide bonds. The maximum Gasteiger partial charge on any atom is 0.256 e. The van der Waals surface area contributed by atoms with Gasteiger partial charge in [-0.05, 0) is 65.4 Å². The summed E-state index contributed by atoms with van der Waals surface area (Å²) in [5, 5.41) is 3.49. The van der Waals surface area contributed by atoms with E-state index in [1.807, 2.05) is 25.1 Å². The number of carbonyl (C=O) groups excluding carboxylic acids is 1. The first-order valence-electron chi connectivity index (χ1n) is 5.50. The third kappa shape index (κ3) is 3.49. The molecule has 2 aromatic carbocycles. The van der Waals surface area contributed by atoms with Gasteiger partial charge in [0.05, 0.1) is 5.69 Å². The van der Waals surface area contributed by atoms with Gasteiger partial charge >= 0.3 is 0 Å². The molecular formula is C14H10BrClINO. The topological polar surface area (TPSA) is 29.1 Å². The minimum Gasteiger partial charge on any atom is -0.321 e. The summed E-state index contributed by atoms with van der Waals surface area (Å²) in [7, 11) is 0. The van der Waals surface area contributed by atoms with E-state index >= 15 is 0 Å². The van der Waals surface area contributed by atoms with E-state index in [0.29, 0.717) is 10.6 Å². The minimum absolute atomic E-state index is 0.156. The van der Waals surface area contributed by atoms with E-state index in [9.17, 15) is 4.79 Å². The van der Waals surface area contributed by atoms with Crippen molar-refractivity contribution in [1.82, 2.24) is 0 Å². The van der Waals surface area contributed by atoms with Gasteiger partial charge in [0, 0.05) is 18.6 Å². The summed E-state index contributed by atoms with van der Waals surface area (Å²) in [6, 6.07) is 11.1. The van der Waals surface area contributed by atoms with Crippen LogP contribution in [0.2, 0.25) is 5.02 Å². The summed E-state index contributed by atoms with van der Waals surface area (Å²) in [5.41, 5.74) is 2.15. The van der Waals surface area contributed by atoms with Gasteiger partial charge in [-0.3, -0.25) is 4.79 Å². The number of hydrogen-bond acceptors (Lipinski definition) is 1. The van der Waals surface area contributed by atoms with Crippen molar-refractivity contribution in [3.05, 3.63) is 60.6 Å². The average Bonchev–Trinajstić information content (AvgIpc) is 2.37. The van der Waals surface area contributed by atoms with Crippen LogP contribution in [0.3, 0.4) is 0 Å². The van der Waals surface area contributed by atoms with Crippen LogP contribution in [0, 0.1) is 10.5 Å². The molecule has 5 heteroatoms. The van der Waals surface area contributed by atoms with Crippen LogP contribution in [-0.2, 0) is 0 Å². The molecule has 1 N–H and O–H groups in total. The maximum absolute atomic E-state index is 12.3. The van der Waals surface area contributed by atoms with Crippen molar-refractivity contribution in [2.24, 2.45) is 0 Å². The summed E-state index contributed by atoms with van der Waals surface area (Å²) in [4.78, 5) is 12.3. The van der Waals surface area contributed by atoms with E-state index in [0.717, 1.165) is 19.3 Å². The Bertz CT molecular complexity index is 645. The molecule has 19 heavy (non-hydrogen) atoms. The number of benzene rings is 2. The van der Waals surface area contributed by atoms with Crippen molar-refractivity contribution in [1.29, 1.82) is 0 Å². The molecule has 0 saturated heterocycles. The van der Waals surface area contributed by atoms with E-state index in [1.54, 1.807) is 18.2 Å². The highest BCUT2D eigenvalue weighted by Gasteiger charge is 2.12. The summed E-state index contributed by atoms with van der Waals surface area (Å²) >= 11 is 11.6. The highest BCUT2D eigenvalue weighted by atomic mass is 127. The van der Waals surface area contributed by atoms with Crippen LogP contribution in [0.5, 0.6) is 0 Å². The lowest BCUT2D eigenvalue weighted by atomic mass is 10.1. The fraction of sp³-hybridized carbons (Fsp3) is 0.0714. The molecule has 0 fully saturated rings. The van der Waals surface area contributed by atoms with Crippen LogP contribution in [0.25, 0.3) is 0 Å². The lowest BCUT2D eigenvalue weighted by Gasteiger charge is -2.10. The van der Waals surface area contributed by atoms with Gasteiger partial charge in [0.2, 0.25) is 0 Å². The molecule has 0 spiro atoms. The first-order valence-corrected chi connectivity index (χ1v) is 7.75. The molecule has 0 saturated carbocycles. The number of nitrogens with one attached hydrogen (secondary N) is 1. The van der Waals surface area contributed by atoms with Gasteiger partial charge < -0.3 is 5.32 Å².